The fourth-order valence-electron chi connectivity index (χ4n) is 17.9. The van der Waals surface area contributed by atoms with E-state index < -0.39 is 38.3 Å². The molecule has 3 atom stereocenters. The number of hydrogen-bond acceptors (Lipinski definition) is 0. The molecular weight excluding hydrogens is 1210 g/mol. The second-order valence-corrected chi connectivity index (χ2v) is 162. The van der Waals surface area contributed by atoms with Gasteiger partial charge < -0.3 is 0 Å². The summed E-state index contributed by atoms with van der Waals surface area (Å²) in [6, 6.07) is 71.7. The summed E-state index contributed by atoms with van der Waals surface area (Å²) in [5.41, 5.74) is 17.2. The van der Waals surface area contributed by atoms with Crippen LogP contribution in [0.5, 0.6) is 0 Å². The molecule has 390 valence electrons. The Hall–Kier alpha value is -4.27. The maximum atomic E-state index is 11.0. The standard InChI is InChI=1S/2C20H15.C13H9.C13H15.C3H6.C2H6Si.4ClH.2Zr/c2*1-14-12-16-8-5-11-19(20(16)13-14)18-10-4-7-15-6-2-3-9-17(15)18;1-3-7-12-10(5-1)9-11-6-2-4-8-13(11)12;1-13(2,3)12-9-8-10-6-4-5-7-11(10)12;2*1-3-2;;;;;;/h2*2-13H,1H3;1-9H;4-9H,1-3H3;2*1-2H3;4*1H;;/q;;;;;;;;;;2*+2/p-4. The van der Waals surface area contributed by atoms with Gasteiger partial charge in [0.1, 0.15) is 0 Å². The monoisotopic (exact) mass is 1270 g/mol. The quantitative estimate of drug-likeness (QED) is 0.140. The third-order valence-corrected chi connectivity index (χ3v) is 312. The van der Waals surface area contributed by atoms with Crippen LogP contribution in [0.2, 0.25) is 13.1 Å². The van der Waals surface area contributed by atoms with Crippen LogP contribution in [0, 0.1) is 5.41 Å². The molecule has 7 heteroatoms. The van der Waals surface area contributed by atoms with Crippen LogP contribution in [0.1, 0.15) is 107 Å². The Bertz CT molecular complexity index is 4260. The molecule has 4 aliphatic carbocycles. The van der Waals surface area contributed by atoms with Crippen LogP contribution < -0.4 is 0 Å². The molecule has 0 amide bonds. The summed E-state index contributed by atoms with van der Waals surface area (Å²) in [4.78, 5) is 0. The summed E-state index contributed by atoms with van der Waals surface area (Å²) in [7, 11) is 28.0. The zero-order valence-corrected chi connectivity index (χ0v) is 55.0. The van der Waals surface area contributed by atoms with E-state index in [9.17, 15) is 34.1 Å². The molecule has 0 spiro atoms. The van der Waals surface area contributed by atoms with Gasteiger partial charge in [-0.3, -0.25) is 0 Å². The number of fused-ring (bicyclic) bond motifs is 8. The second-order valence-electron chi connectivity index (χ2n) is 25.3. The van der Waals surface area contributed by atoms with Crippen molar-refractivity contribution in [1.82, 2.24) is 0 Å². The molecule has 13 rings (SSSR count). The van der Waals surface area contributed by atoms with Gasteiger partial charge in [-0.25, -0.2) is 0 Å². The third-order valence-electron chi connectivity index (χ3n) is 20.9. The maximum absolute atomic E-state index is 11.0. The fourth-order valence-corrected chi connectivity index (χ4v) is 321. The van der Waals surface area contributed by atoms with Crippen molar-refractivity contribution in [3.05, 3.63) is 256 Å². The average molecular weight is 1270 g/mol. The number of benzene rings is 9. The van der Waals surface area contributed by atoms with E-state index in [0.717, 1.165) is 75.6 Å². The van der Waals surface area contributed by atoms with Crippen molar-refractivity contribution in [2.45, 2.75) is 76.1 Å². The molecule has 0 N–H and O–H groups in total. The summed E-state index contributed by atoms with van der Waals surface area (Å²) >= 11 is 0. The van der Waals surface area contributed by atoms with Gasteiger partial charge in [-0.2, -0.15) is 0 Å². The van der Waals surface area contributed by atoms with Crippen molar-refractivity contribution in [3.63, 3.8) is 0 Å². The normalized spacial score (nSPS) is 19.6. The van der Waals surface area contributed by atoms with Gasteiger partial charge in [0.25, 0.3) is 0 Å². The first-order chi connectivity index (χ1) is 37.1. The number of allylic oxidation sites excluding steroid dienone is 4. The Morgan fingerprint density at radius 1 is 0.410 bits per heavy atom. The first kappa shape index (κ1) is 53.1. The second kappa shape index (κ2) is 17.1. The zero-order valence-electron chi connectivity index (χ0n) is 46.0. The molecule has 0 saturated carbocycles. The average Bonchev–Trinajstić information content (AvgIpc) is 1.90. The molecular formula is C71H66Cl4SiZr2. The van der Waals surface area contributed by atoms with E-state index in [1.165, 1.54) is 43.8 Å². The van der Waals surface area contributed by atoms with E-state index in [0.29, 0.717) is 0 Å². The molecule has 0 aromatic heterocycles. The van der Waals surface area contributed by atoms with E-state index >= 15 is 0 Å². The SMILES string of the molecule is CC1=Cc2c(-c3cccc4ccccc34)cccc2[CH]1[Zr]([Cl])([Cl])([CH]1C(C)=Cc2c(-c3cccc4ccccc34)cccc21)(=[Si](C)C)[Zr]([Cl])([Cl])(=[C](C)C)([CH]1C=C(C(C)(C)C)c2ccccc21)[CH]1c2ccccc2-c2ccccc21. The fraction of sp³-hybridized carbons (Fsp3) is 0.197. The molecule has 78 heavy (non-hydrogen) atoms. The Morgan fingerprint density at radius 2 is 0.769 bits per heavy atom. The van der Waals surface area contributed by atoms with Gasteiger partial charge in [0, 0.05) is 0 Å². The zero-order chi connectivity index (χ0) is 54.7. The number of hydrogen-bond donors (Lipinski definition) is 0. The first-order valence-corrected chi connectivity index (χ1v) is 62.1. The predicted molar refractivity (Wildman–Crippen MR) is 339 cm³/mol. The summed E-state index contributed by atoms with van der Waals surface area (Å²) in [5.74, 6) is 0. The molecule has 9 aromatic carbocycles. The summed E-state index contributed by atoms with van der Waals surface area (Å²) in [6.45, 7) is 21.2. The molecule has 0 heterocycles. The molecule has 4 aliphatic rings. The van der Waals surface area contributed by atoms with E-state index in [4.69, 9.17) is 0 Å². The van der Waals surface area contributed by atoms with Crippen molar-refractivity contribution in [1.29, 1.82) is 0 Å². The Balaban J connectivity index is 1.31. The van der Waals surface area contributed by atoms with Crippen LogP contribution in [0.15, 0.2) is 211 Å². The van der Waals surface area contributed by atoms with Gasteiger partial charge in [0.2, 0.25) is 0 Å². The topological polar surface area (TPSA) is 0 Å². The summed E-state index contributed by atoms with van der Waals surface area (Å²) < 4.78 is -1.18. The Kier molecular flexibility index (Phi) is 11.7. The van der Waals surface area contributed by atoms with E-state index in [1.54, 1.807) is 0 Å². The van der Waals surface area contributed by atoms with Crippen LogP contribution in [0.25, 0.3) is 72.7 Å². The van der Waals surface area contributed by atoms with Crippen LogP contribution >= 0.6 is 34.1 Å². The number of rotatable bonds is 7. The van der Waals surface area contributed by atoms with Crippen LogP contribution in [0.4, 0.5) is 0 Å². The summed E-state index contributed by atoms with van der Waals surface area (Å²) in [5, 5.41) is 4.80. The van der Waals surface area contributed by atoms with E-state index in [1.807, 2.05) is 0 Å². The van der Waals surface area contributed by atoms with Gasteiger partial charge >= 0.3 is 471 Å². The third kappa shape index (κ3) is 5.94. The molecule has 9 aromatic rings. The van der Waals surface area contributed by atoms with Gasteiger partial charge in [-0.1, -0.05) is 0 Å². The molecule has 0 fully saturated rings. The van der Waals surface area contributed by atoms with Crippen molar-refractivity contribution < 1.29 is 18.4 Å². The molecule has 0 nitrogen and oxygen atoms in total. The minimum atomic E-state index is -7.88. The van der Waals surface area contributed by atoms with Crippen LogP contribution in [-0.4, -0.2) is 8.64 Å². The first-order valence-electron chi connectivity index (χ1n) is 27.8. The van der Waals surface area contributed by atoms with Gasteiger partial charge in [-0.05, 0) is 0 Å². The van der Waals surface area contributed by atoms with E-state index in [-0.39, 0.29) is 5.41 Å². The van der Waals surface area contributed by atoms with Crippen molar-refractivity contribution in [2.24, 2.45) is 5.41 Å². The molecule has 0 aliphatic heterocycles. The van der Waals surface area contributed by atoms with Gasteiger partial charge in [0.15, 0.2) is 0 Å². The van der Waals surface area contributed by atoms with Gasteiger partial charge in [0.05, 0.1) is 0 Å². The minimum absolute atomic E-state index is 0.288. The Labute approximate surface area is 465 Å². The van der Waals surface area contributed by atoms with Crippen molar-refractivity contribution in [2.75, 3.05) is 0 Å². The van der Waals surface area contributed by atoms with Gasteiger partial charge in [-0.15, -0.1) is 0 Å². The molecule has 3 unspecified atom stereocenters. The van der Waals surface area contributed by atoms with Crippen molar-refractivity contribution in [3.8, 4) is 33.4 Å². The van der Waals surface area contributed by atoms with Crippen molar-refractivity contribution >= 4 is 82.0 Å². The van der Waals surface area contributed by atoms with Crippen LogP contribution in [0.3, 0.4) is 0 Å². The Morgan fingerprint density at radius 3 is 1.22 bits per heavy atom. The summed E-state index contributed by atoms with van der Waals surface area (Å²) in [6.07, 6.45) is 7.47. The number of halogens is 4. The molecule has 0 radical (unpaired) electrons. The van der Waals surface area contributed by atoms with Crippen LogP contribution in [-0.2, 0) is 18.4 Å². The molecule has 0 saturated heterocycles. The predicted octanol–water partition coefficient (Wildman–Crippen LogP) is 22.3. The molecule has 0 bridgehead atoms. The van der Waals surface area contributed by atoms with E-state index in [2.05, 4.69) is 274 Å².